The summed E-state index contributed by atoms with van der Waals surface area (Å²) in [6.45, 7) is 1.49. The molecule has 1 aliphatic carbocycles. The zero-order chi connectivity index (χ0) is 28.3. The second-order valence-corrected chi connectivity index (χ2v) is 10.9. The minimum atomic E-state index is -2.63. The van der Waals surface area contributed by atoms with Crippen LogP contribution in [0.25, 0.3) is 0 Å². The van der Waals surface area contributed by atoms with Crippen molar-refractivity contribution in [3.05, 3.63) is 77.3 Å². The molecular formula is C30H33F2N5O3. The highest BCUT2D eigenvalue weighted by Crippen LogP contribution is 2.36. The van der Waals surface area contributed by atoms with E-state index in [1.54, 1.807) is 18.4 Å². The Morgan fingerprint density at radius 2 is 2.02 bits per heavy atom. The molecule has 40 heavy (non-hydrogen) atoms. The fourth-order valence-corrected chi connectivity index (χ4v) is 5.91. The molecule has 0 bridgehead atoms. The van der Waals surface area contributed by atoms with E-state index in [0.29, 0.717) is 51.0 Å². The lowest BCUT2D eigenvalue weighted by Crippen LogP contribution is -2.47. The van der Waals surface area contributed by atoms with Crippen LogP contribution in [0.1, 0.15) is 56.2 Å². The Hall–Kier alpha value is -3.68. The van der Waals surface area contributed by atoms with Crippen molar-refractivity contribution in [1.82, 2.24) is 20.1 Å². The van der Waals surface area contributed by atoms with Gasteiger partial charge in [0.15, 0.2) is 0 Å². The summed E-state index contributed by atoms with van der Waals surface area (Å²) in [6, 6.07) is 4.19. The standard InChI is InChI=1S/C30H33F2N5O3/c31-27(32)21-8-11-34-26(17-21)30(19-33)9-13-36(14-10-30)18-20-15-22-5-3-4-12-37(22)29(40)23(16-20)28(39)35-24-6-1-2-7-25(24)38/h3-5,8,11-12,15-17,22,24-25,27,38H,1-2,6-7,9-10,13-14,18H2,(H,35,39)/t22?,24-,25-/m0/s1. The van der Waals surface area contributed by atoms with Crippen LogP contribution in [0, 0.1) is 11.3 Å². The van der Waals surface area contributed by atoms with Gasteiger partial charge in [0, 0.05) is 37.6 Å². The number of pyridine rings is 1. The van der Waals surface area contributed by atoms with Gasteiger partial charge >= 0.3 is 0 Å². The van der Waals surface area contributed by atoms with Crippen molar-refractivity contribution in [3.63, 3.8) is 0 Å². The Bertz CT molecular complexity index is 1310. The number of nitrogens with zero attached hydrogens (tertiary/aromatic N) is 4. The molecule has 1 saturated heterocycles. The number of piperidine rings is 1. The average molecular weight is 550 g/mol. The summed E-state index contributed by atoms with van der Waals surface area (Å²) in [7, 11) is 0. The predicted octanol–water partition coefficient (Wildman–Crippen LogP) is 3.44. The molecule has 4 aliphatic rings. The number of halogens is 2. The van der Waals surface area contributed by atoms with Gasteiger partial charge < -0.3 is 15.3 Å². The summed E-state index contributed by atoms with van der Waals surface area (Å²) >= 11 is 0. The van der Waals surface area contributed by atoms with Crippen LogP contribution in [0.3, 0.4) is 0 Å². The van der Waals surface area contributed by atoms with Gasteiger partial charge in [-0.05, 0) is 55.5 Å². The SMILES string of the molecule is N#CC1(c2cc(C(F)F)ccn2)CCN(CC2=CC3C=CC=CN3C(=O)C(C(=O)N[C@H]3CCCC[C@@H]3O)=C2)CC1. The van der Waals surface area contributed by atoms with Gasteiger partial charge in [-0.15, -0.1) is 0 Å². The van der Waals surface area contributed by atoms with Crippen LogP contribution < -0.4 is 5.32 Å². The number of hydrogen-bond donors (Lipinski definition) is 2. The molecule has 10 heteroatoms. The molecule has 0 aromatic carbocycles. The van der Waals surface area contributed by atoms with Gasteiger partial charge in [0.1, 0.15) is 11.0 Å². The molecule has 2 fully saturated rings. The van der Waals surface area contributed by atoms with Crippen molar-refractivity contribution < 1.29 is 23.5 Å². The molecule has 1 unspecified atom stereocenters. The maximum absolute atomic E-state index is 13.4. The van der Waals surface area contributed by atoms with E-state index in [1.165, 1.54) is 23.2 Å². The molecule has 3 aliphatic heterocycles. The molecule has 210 valence electrons. The highest BCUT2D eigenvalue weighted by Gasteiger charge is 2.39. The summed E-state index contributed by atoms with van der Waals surface area (Å²) < 4.78 is 26.6. The monoisotopic (exact) mass is 549 g/mol. The number of allylic oxidation sites excluding steroid dienone is 2. The Kier molecular flexibility index (Phi) is 8.24. The first-order valence-electron chi connectivity index (χ1n) is 13.8. The number of likely N-dealkylation sites (tertiary alicyclic amines) is 1. The normalized spacial score (nSPS) is 26.4. The Labute approximate surface area is 232 Å². The van der Waals surface area contributed by atoms with Crippen LogP contribution in [0.4, 0.5) is 8.78 Å². The van der Waals surface area contributed by atoms with Crippen molar-refractivity contribution in [3.8, 4) is 6.07 Å². The molecule has 2 N–H and O–H groups in total. The van der Waals surface area contributed by atoms with Crippen molar-refractivity contribution in [2.45, 2.75) is 68.6 Å². The highest BCUT2D eigenvalue weighted by atomic mass is 19.3. The van der Waals surface area contributed by atoms with E-state index in [4.69, 9.17) is 0 Å². The largest absolute Gasteiger partial charge is 0.391 e. The summed E-state index contributed by atoms with van der Waals surface area (Å²) in [4.78, 5) is 34.7. The van der Waals surface area contributed by atoms with Crippen molar-refractivity contribution in [2.75, 3.05) is 19.6 Å². The van der Waals surface area contributed by atoms with Crippen LogP contribution in [0.2, 0.25) is 0 Å². The van der Waals surface area contributed by atoms with Gasteiger partial charge in [0.2, 0.25) is 0 Å². The molecule has 1 saturated carbocycles. The first kappa shape index (κ1) is 27.9. The van der Waals surface area contributed by atoms with E-state index in [9.17, 15) is 28.7 Å². The summed E-state index contributed by atoms with van der Waals surface area (Å²) in [5.41, 5.74) is 0.0710. The van der Waals surface area contributed by atoms with E-state index in [1.807, 2.05) is 18.2 Å². The molecule has 1 aromatic heterocycles. The number of amides is 2. The number of carbonyl (C=O) groups is 2. The number of aliphatic hydroxyl groups is 1. The van der Waals surface area contributed by atoms with Crippen LogP contribution in [0.15, 0.2) is 66.1 Å². The van der Waals surface area contributed by atoms with Gasteiger partial charge in [0.25, 0.3) is 18.2 Å². The molecule has 1 aromatic rings. The average Bonchev–Trinajstić information content (AvgIpc) is 3.11. The Balaban J connectivity index is 1.33. The third kappa shape index (κ3) is 5.76. The number of fused-ring (bicyclic) bond motifs is 1. The molecule has 5 rings (SSSR count). The minimum Gasteiger partial charge on any atom is -0.391 e. The predicted molar refractivity (Wildman–Crippen MR) is 144 cm³/mol. The summed E-state index contributed by atoms with van der Waals surface area (Å²) in [5, 5.41) is 23.3. The van der Waals surface area contributed by atoms with Crippen LogP contribution >= 0.6 is 0 Å². The van der Waals surface area contributed by atoms with E-state index in [0.717, 1.165) is 18.4 Å². The molecule has 4 heterocycles. The van der Waals surface area contributed by atoms with Gasteiger partial charge in [-0.3, -0.25) is 19.5 Å². The van der Waals surface area contributed by atoms with Gasteiger partial charge in [-0.2, -0.15) is 5.26 Å². The lowest BCUT2D eigenvalue weighted by Gasteiger charge is -2.37. The topological polar surface area (TPSA) is 110 Å². The number of aliphatic hydroxyl groups excluding tert-OH is 1. The lowest BCUT2D eigenvalue weighted by atomic mass is 9.76. The molecule has 2 amide bonds. The zero-order valence-electron chi connectivity index (χ0n) is 22.2. The fourth-order valence-electron chi connectivity index (χ4n) is 5.91. The van der Waals surface area contributed by atoms with Crippen molar-refractivity contribution >= 4 is 11.8 Å². The summed E-state index contributed by atoms with van der Waals surface area (Å²) in [6.07, 6.45) is 12.7. The second kappa shape index (κ2) is 11.8. The Morgan fingerprint density at radius 1 is 1.25 bits per heavy atom. The molecule has 0 spiro atoms. The lowest BCUT2D eigenvalue weighted by molar-refractivity contribution is -0.129. The maximum Gasteiger partial charge on any atom is 0.264 e. The summed E-state index contributed by atoms with van der Waals surface area (Å²) in [5.74, 6) is -0.913. The van der Waals surface area contributed by atoms with Crippen molar-refractivity contribution in [2.24, 2.45) is 0 Å². The smallest absolute Gasteiger partial charge is 0.264 e. The van der Waals surface area contributed by atoms with E-state index in [2.05, 4.69) is 21.3 Å². The number of nitriles is 1. The Morgan fingerprint density at radius 3 is 2.75 bits per heavy atom. The number of hydrogen-bond acceptors (Lipinski definition) is 6. The molecule has 8 nitrogen and oxygen atoms in total. The second-order valence-electron chi connectivity index (χ2n) is 10.9. The van der Waals surface area contributed by atoms with Gasteiger partial charge in [0.05, 0.1) is 30.0 Å². The van der Waals surface area contributed by atoms with Crippen LogP contribution in [0.5, 0.6) is 0 Å². The highest BCUT2D eigenvalue weighted by molar-refractivity contribution is 6.19. The number of nitrogens with one attached hydrogen (secondary N) is 1. The van der Waals surface area contributed by atoms with Gasteiger partial charge in [-0.25, -0.2) is 8.78 Å². The first-order valence-corrected chi connectivity index (χ1v) is 13.8. The van der Waals surface area contributed by atoms with E-state index in [-0.39, 0.29) is 17.2 Å². The number of aromatic nitrogens is 1. The van der Waals surface area contributed by atoms with Crippen LogP contribution in [-0.2, 0) is 15.0 Å². The number of alkyl halides is 2. The van der Waals surface area contributed by atoms with E-state index < -0.39 is 35.8 Å². The molecule has 3 atom stereocenters. The van der Waals surface area contributed by atoms with E-state index >= 15 is 0 Å². The first-order chi connectivity index (χ1) is 19.3. The number of carbonyl (C=O) groups excluding carboxylic acids is 2. The molecule has 0 radical (unpaired) electrons. The third-order valence-electron chi connectivity index (χ3n) is 8.31. The fraction of sp³-hybridized carbons (Fsp3) is 0.467. The van der Waals surface area contributed by atoms with Gasteiger partial charge in [-0.1, -0.05) is 31.1 Å². The minimum absolute atomic E-state index is 0.0165. The third-order valence-corrected chi connectivity index (χ3v) is 8.31. The number of rotatable bonds is 6. The zero-order valence-corrected chi connectivity index (χ0v) is 22.2. The quantitative estimate of drug-likeness (QED) is 0.527. The maximum atomic E-state index is 13.4. The molecular weight excluding hydrogens is 516 g/mol. The van der Waals surface area contributed by atoms with Crippen LogP contribution in [-0.4, -0.2) is 69.5 Å². The van der Waals surface area contributed by atoms with Crippen molar-refractivity contribution in [1.29, 1.82) is 5.26 Å².